The first-order valence-corrected chi connectivity index (χ1v) is 11.3. The Labute approximate surface area is 197 Å². The molecule has 0 atom stereocenters. The summed E-state index contributed by atoms with van der Waals surface area (Å²) in [6.07, 6.45) is 5.54. The fourth-order valence-corrected chi connectivity index (χ4v) is 4.16. The van der Waals surface area contributed by atoms with Crippen LogP contribution in [-0.2, 0) is 11.2 Å². The van der Waals surface area contributed by atoms with Gasteiger partial charge in [-0.25, -0.2) is 19.3 Å². The van der Waals surface area contributed by atoms with Crippen LogP contribution in [0.5, 0.6) is 0 Å². The Kier molecular flexibility index (Phi) is 6.03. The third-order valence-electron chi connectivity index (χ3n) is 6.04. The van der Waals surface area contributed by atoms with Crippen molar-refractivity contribution in [1.82, 2.24) is 24.4 Å². The lowest BCUT2D eigenvalue weighted by molar-refractivity contribution is -0.130. The first-order chi connectivity index (χ1) is 16.6. The van der Waals surface area contributed by atoms with E-state index < -0.39 is 0 Å². The van der Waals surface area contributed by atoms with Crippen molar-refractivity contribution in [3.63, 3.8) is 0 Å². The van der Waals surface area contributed by atoms with Crippen LogP contribution in [0.1, 0.15) is 11.4 Å². The molecule has 0 bridgehead atoms. The van der Waals surface area contributed by atoms with Gasteiger partial charge in [-0.15, -0.1) is 0 Å². The Bertz CT molecular complexity index is 1280. The van der Waals surface area contributed by atoms with E-state index in [1.807, 2.05) is 46.0 Å². The van der Waals surface area contributed by atoms with Crippen molar-refractivity contribution in [3.8, 4) is 16.9 Å². The number of hydrogen-bond acceptors (Lipinski definition) is 5. The van der Waals surface area contributed by atoms with Gasteiger partial charge in [0.15, 0.2) is 0 Å². The number of anilines is 1. The predicted molar refractivity (Wildman–Crippen MR) is 128 cm³/mol. The monoisotopic (exact) mass is 456 g/mol. The van der Waals surface area contributed by atoms with E-state index in [-0.39, 0.29) is 18.1 Å². The lowest BCUT2D eigenvalue weighted by Crippen LogP contribution is -2.49. The topological polar surface area (TPSA) is 67.2 Å². The molecule has 0 aliphatic carbocycles. The van der Waals surface area contributed by atoms with Gasteiger partial charge in [-0.3, -0.25) is 4.79 Å². The molecular weight excluding hydrogens is 431 g/mol. The predicted octanol–water partition coefficient (Wildman–Crippen LogP) is 3.67. The highest BCUT2D eigenvalue weighted by Gasteiger charge is 2.24. The van der Waals surface area contributed by atoms with Crippen molar-refractivity contribution >= 4 is 11.9 Å². The van der Waals surface area contributed by atoms with Gasteiger partial charge in [0.2, 0.25) is 11.9 Å². The van der Waals surface area contributed by atoms with Gasteiger partial charge in [-0.2, -0.15) is 0 Å². The second kappa shape index (κ2) is 9.43. The number of hydrogen-bond donors (Lipinski definition) is 0. The Hall–Kier alpha value is -4.07. The highest BCUT2D eigenvalue weighted by Crippen LogP contribution is 2.24. The molecule has 1 saturated heterocycles. The molecule has 4 aromatic rings. The maximum atomic E-state index is 13.8. The molecule has 8 heteroatoms. The van der Waals surface area contributed by atoms with Gasteiger partial charge in [0.25, 0.3) is 0 Å². The third-order valence-corrected chi connectivity index (χ3v) is 6.04. The van der Waals surface area contributed by atoms with Crippen molar-refractivity contribution in [3.05, 3.63) is 90.4 Å². The van der Waals surface area contributed by atoms with Crippen LogP contribution in [0, 0.1) is 12.7 Å². The van der Waals surface area contributed by atoms with Gasteiger partial charge in [-0.05, 0) is 48.9 Å². The first-order valence-electron chi connectivity index (χ1n) is 11.3. The van der Waals surface area contributed by atoms with Gasteiger partial charge in [0, 0.05) is 56.0 Å². The van der Waals surface area contributed by atoms with Gasteiger partial charge in [0.1, 0.15) is 11.6 Å². The molecular formula is C26H25FN6O. The number of para-hydroxylation sites is 1. The summed E-state index contributed by atoms with van der Waals surface area (Å²) < 4.78 is 15.7. The van der Waals surface area contributed by atoms with Crippen molar-refractivity contribution < 1.29 is 9.18 Å². The molecule has 172 valence electrons. The maximum absolute atomic E-state index is 13.8. The molecule has 1 amide bonds. The van der Waals surface area contributed by atoms with Crippen molar-refractivity contribution in [1.29, 1.82) is 0 Å². The number of benzene rings is 2. The average Bonchev–Trinajstić information content (AvgIpc) is 3.30. The zero-order chi connectivity index (χ0) is 23.5. The number of amides is 1. The quantitative estimate of drug-likeness (QED) is 0.459. The van der Waals surface area contributed by atoms with Gasteiger partial charge in [0.05, 0.1) is 12.1 Å². The van der Waals surface area contributed by atoms with E-state index in [1.54, 1.807) is 37.5 Å². The number of carbonyl (C=O) groups is 1. The number of imidazole rings is 1. The summed E-state index contributed by atoms with van der Waals surface area (Å²) in [5.74, 6) is 1.12. The van der Waals surface area contributed by atoms with E-state index in [0.29, 0.717) is 49.2 Å². The van der Waals surface area contributed by atoms with E-state index >= 15 is 0 Å². The number of aromatic nitrogens is 4. The van der Waals surface area contributed by atoms with E-state index in [4.69, 9.17) is 4.98 Å². The summed E-state index contributed by atoms with van der Waals surface area (Å²) in [5, 5.41) is 0. The average molecular weight is 457 g/mol. The molecule has 1 aliphatic heterocycles. The zero-order valence-electron chi connectivity index (χ0n) is 18.9. The Balaban J connectivity index is 1.36. The zero-order valence-corrected chi connectivity index (χ0v) is 18.9. The first kappa shape index (κ1) is 21.8. The van der Waals surface area contributed by atoms with E-state index in [2.05, 4.69) is 14.9 Å². The van der Waals surface area contributed by atoms with Crippen LogP contribution in [0.3, 0.4) is 0 Å². The highest BCUT2D eigenvalue weighted by molar-refractivity contribution is 5.79. The summed E-state index contributed by atoms with van der Waals surface area (Å²) >= 11 is 0. The van der Waals surface area contributed by atoms with E-state index in [0.717, 1.165) is 11.3 Å². The lowest BCUT2D eigenvalue weighted by Gasteiger charge is -2.34. The molecule has 0 saturated carbocycles. The van der Waals surface area contributed by atoms with Crippen LogP contribution in [0.4, 0.5) is 10.3 Å². The molecule has 2 aromatic carbocycles. The second-order valence-electron chi connectivity index (χ2n) is 8.31. The smallest absolute Gasteiger partial charge is 0.230 e. The summed E-state index contributed by atoms with van der Waals surface area (Å²) in [6.45, 7) is 4.31. The molecule has 2 aromatic heterocycles. The number of carbonyl (C=O) groups excluding carboxylic acids is 1. The Morgan fingerprint density at radius 3 is 2.41 bits per heavy atom. The largest absolute Gasteiger partial charge is 0.339 e. The van der Waals surface area contributed by atoms with Gasteiger partial charge < -0.3 is 14.4 Å². The molecule has 0 N–H and O–H groups in total. The summed E-state index contributed by atoms with van der Waals surface area (Å²) in [4.78, 5) is 30.6. The van der Waals surface area contributed by atoms with Crippen molar-refractivity contribution in [2.24, 2.45) is 0 Å². The fraction of sp³-hybridized carbons (Fsp3) is 0.231. The SMILES string of the molecule is Cc1cc(-c2cn(-c3ccccc3)c(CC(=O)N3CCN(c4ncccn4)CC3)n2)ccc1F. The number of halogens is 1. The molecule has 0 radical (unpaired) electrons. The highest BCUT2D eigenvalue weighted by atomic mass is 19.1. The fourth-order valence-electron chi connectivity index (χ4n) is 4.16. The minimum Gasteiger partial charge on any atom is -0.339 e. The summed E-state index contributed by atoms with van der Waals surface area (Å²) in [6, 6.07) is 16.6. The Morgan fingerprint density at radius 2 is 1.71 bits per heavy atom. The normalized spacial score (nSPS) is 13.8. The molecule has 3 heterocycles. The molecule has 1 aliphatic rings. The molecule has 5 rings (SSSR count). The minimum absolute atomic E-state index is 0.0262. The number of piperazine rings is 1. The lowest BCUT2D eigenvalue weighted by atomic mass is 10.1. The molecule has 0 spiro atoms. The second-order valence-corrected chi connectivity index (χ2v) is 8.31. The van der Waals surface area contributed by atoms with Gasteiger partial charge in [-0.1, -0.05) is 18.2 Å². The summed E-state index contributed by atoms with van der Waals surface area (Å²) in [7, 11) is 0. The molecule has 0 unspecified atom stereocenters. The van der Waals surface area contributed by atoms with E-state index in [1.165, 1.54) is 6.07 Å². The van der Waals surface area contributed by atoms with Crippen molar-refractivity contribution in [2.75, 3.05) is 31.1 Å². The van der Waals surface area contributed by atoms with Crippen LogP contribution in [-0.4, -0.2) is 56.5 Å². The number of nitrogens with zero attached hydrogens (tertiary/aromatic N) is 6. The third kappa shape index (κ3) is 4.52. The standard InChI is InChI=1S/C26H25FN6O/c1-19-16-20(8-9-22(19)27)23-18-33(21-6-3-2-4-7-21)24(30-23)17-25(34)31-12-14-32(15-13-31)26-28-10-5-11-29-26/h2-11,16,18H,12-15,17H2,1H3. The van der Waals surface area contributed by atoms with Crippen molar-refractivity contribution in [2.45, 2.75) is 13.3 Å². The van der Waals surface area contributed by atoms with Crippen LogP contribution in [0.15, 0.2) is 73.2 Å². The minimum atomic E-state index is -0.248. The molecule has 7 nitrogen and oxygen atoms in total. The van der Waals surface area contributed by atoms with Crippen LogP contribution in [0.2, 0.25) is 0 Å². The van der Waals surface area contributed by atoms with E-state index in [9.17, 15) is 9.18 Å². The van der Waals surface area contributed by atoms with Crippen LogP contribution in [0.25, 0.3) is 16.9 Å². The number of aryl methyl sites for hydroxylation is 1. The van der Waals surface area contributed by atoms with Crippen LogP contribution >= 0.6 is 0 Å². The Morgan fingerprint density at radius 1 is 0.971 bits per heavy atom. The van der Waals surface area contributed by atoms with Gasteiger partial charge >= 0.3 is 0 Å². The van der Waals surface area contributed by atoms with Crippen LogP contribution < -0.4 is 4.90 Å². The maximum Gasteiger partial charge on any atom is 0.230 e. The molecule has 34 heavy (non-hydrogen) atoms. The molecule has 1 fully saturated rings. The summed E-state index contributed by atoms with van der Waals surface area (Å²) in [5.41, 5.74) is 3.01. The number of rotatable bonds is 5.